The van der Waals surface area contributed by atoms with Gasteiger partial charge in [-0.1, -0.05) is 8.67 Å². The monoisotopic (exact) mass is 297 g/mol. The lowest BCUT2D eigenvalue weighted by molar-refractivity contribution is -0.105. The predicted molar refractivity (Wildman–Crippen MR) is 55.8 cm³/mol. The fourth-order valence-electron chi connectivity index (χ4n) is 0.0702. The van der Waals surface area contributed by atoms with Gasteiger partial charge in [-0.15, -0.1) is 0 Å². The van der Waals surface area contributed by atoms with Crippen molar-refractivity contribution in [2.45, 2.75) is 13.8 Å². The Morgan fingerprint density at radius 1 is 1.00 bits per heavy atom. The van der Waals surface area contributed by atoms with E-state index in [2.05, 4.69) is 8.67 Å². The molecule has 0 aliphatic carbocycles. The predicted octanol–water partition coefficient (Wildman–Crippen LogP) is 0.0302. The Kier molecular flexibility index (Phi) is 15.2. The van der Waals surface area contributed by atoms with E-state index in [0.717, 1.165) is 0 Å². The largest absolute Gasteiger partial charge is 0.425 e. The third-order valence-electron chi connectivity index (χ3n) is 0.458. The lowest BCUT2D eigenvalue weighted by Crippen LogP contribution is -2.10. The lowest BCUT2D eigenvalue weighted by atomic mass is 10.3. The zero-order chi connectivity index (χ0) is 12.7. The van der Waals surface area contributed by atoms with Gasteiger partial charge in [-0.25, -0.2) is 0 Å². The standard InChI is InChI=1S/C4H7N.2H3N.H2O8S2/c1-4(2)3-5;;;1-9(2,3)7-8-10(4,5)6/h4H,1-2H3;2*1H3;(H,1,2,3)(H,4,5,6). The van der Waals surface area contributed by atoms with E-state index in [1.54, 1.807) is 0 Å². The summed E-state index contributed by atoms with van der Waals surface area (Å²) in [4.78, 5) is 0. The van der Waals surface area contributed by atoms with Crippen molar-refractivity contribution in [1.82, 2.24) is 12.3 Å². The first-order valence-corrected chi connectivity index (χ1v) is 5.93. The molecular formula is C4H15N3O8S2. The molecule has 0 fully saturated rings. The van der Waals surface area contributed by atoms with Crippen molar-refractivity contribution in [3.8, 4) is 6.07 Å². The van der Waals surface area contributed by atoms with E-state index in [1.807, 2.05) is 19.9 Å². The van der Waals surface area contributed by atoms with E-state index < -0.39 is 20.8 Å². The maximum absolute atomic E-state index is 9.51. The summed E-state index contributed by atoms with van der Waals surface area (Å²) in [5.74, 6) is 0.190. The fraction of sp³-hybridized carbons (Fsp3) is 0.750. The van der Waals surface area contributed by atoms with Gasteiger partial charge in [0, 0.05) is 5.92 Å². The molecule has 8 N–H and O–H groups in total. The van der Waals surface area contributed by atoms with Gasteiger partial charge in [0.2, 0.25) is 0 Å². The van der Waals surface area contributed by atoms with Gasteiger partial charge in [-0.3, -0.25) is 9.11 Å². The van der Waals surface area contributed by atoms with Crippen molar-refractivity contribution in [1.29, 1.82) is 5.26 Å². The average molecular weight is 297 g/mol. The molecule has 0 atom stereocenters. The van der Waals surface area contributed by atoms with Gasteiger partial charge in [0.05, 0.1) is 6.07 Å². The first-order chi connectivity index (χ1) is 6.48. The van der Waals surface area contributed by atoms with Gasteiger partial charge in [0.1, 0.15) is 0 Å². The molecule has 0 amide bonds. The molecule has 0 rings (SSSR count). The topological polar surface area (TPSA) is 221 Å². The van der Waals surface area contributed by atoms with Crippen LogP contribution in [0.2, 0.25) is 0 Å². The molecule has 0 saturated heterocycles. The SMILES string of the molecule is CC(C)C#N.N.N.O=S(=O)(O)OOS(=O)(=O)O. The van der Waals surface area contributed by atoms with Crippen LogP contribution in [0, 0.1) is 17.2 Å². The second-order valence-corrected chi connectivity index (χ2v) is 4.26. The van der Waals surface area contributed by atoms with Gasteiger partial charge in [0.25, 0.3) is 0 Å². The highest BCUT2D eigenvalue weighted by atomic mass is 32.3. The summed E-state index contributed by atoms with van der Waals surface area (Å²) >= 11 is 0. The minimum atomic E-state index is -5.02. The summed E-state index contributed by atoms with van der Waals surface area (Å²) in [6.45, 7) is 3.72. The van der Waals surface area contributed by atoms with Crippen LogP contribution in [-0.4, -0.2) is 25.9 Å². The van der Waals surface area contributed by atoms with E-state index >= 15 is 0 Å². The molecular weight excluding hydrogens is 282 g/mol. The van der Waals surface area contributed by atoms with E-state index in [9.17, 15) is 16.8 Å². The summed E-state index contributed by atoms with van der Waals surface area (Å²) < 4.78 is 58.9. The second-order valence-electron chi connectivity index (χ2n) is 2.28. The molecule has 0 aromatic carbocycles. The zero-order valence-corrected chi connectivity index (χ0v) is 10.7. The summed E-state index contributed by atoms with van der Waals surface area (Å²) in [5, 5.41) is 7.89. The summed E-state index contributed by atoms with van der Waals surface area (Å²) in [6.07, 6.45) is 0. The Labute approximate surface area is 99.3 Å². The van der Waals surface area contributed by atoms with Crippen molar-refractivity contribution < 1.29 is 34.6 Å². The highest BCUT2D eigenvalue weighted by molar-refractivity contribution is 7.83. The second kappa shape index (κ2) is 10.3. The molecule has 0 spiro atoms. The molecule has 0 aromatic rings. The first-order valence-electron chi connectivity index (χ1n) is 3.20. The molecule has 106 valence electrons. The summed E-state index contributed by atoms with van der Waals surface area (Å²) in [5.41, 5.74) is 0. The van der Waals surface area contributed by atoms with Crippen molar-refractivity contribution in [2.75, 3.05) is 0 Å². The number of hydrogen-bond acceptors (Lipinski definition) is 9. The highest BCUT2D eigenvalue weighted by Gasteiger charge is 2.13. The van der Waals surface area contributed by atoms with Gasteiger partial charge in [0.15, 0.2) is 0 Å². The van der Waals surface area contributed by atoms with Gasteiger partial charge in [-0.05, 0) is 13.8 Å². The Hall–Kier alpha value is -0.850. The summed E-state index contributed by atoms with van der Waals surface area (Å²) in [6, 6.07) is 2.03. The zero-order valence-electron chi connectivity index (χ0n) is 9.10. The normalized spacial score (nSPS) is 10.1. The molecule has 0 aliphatic heterocycles. The Morgan fingerprint density at radius 3 is 1.24 bits per heavy atom. The molecule has 0 bridgehead atoms. The van der Waals surface area contributed by atoms with E-state index in [4.69, 9.17) is 14.4 Å². The van der Waals surface area contributed by atoms with Crippen LogP contribution in [0.5, 0.6) is 0 Å². The van der Waals surface area contributed by atoms with E-state index in [1.165, 1.54) is 0 Å². The molecule has 0 aromatic heterocycles. The van der Waals surface area contributed by atoms with Crippen LogP contribution < -0.4 is 12.3 Å². The molecule has 0 heterocycles. The summed E-state index contributed by atoms with van der Waals surface area (Å²) in [7, 11) is -10.0. The van der Waals surface area contributed by atoms with E-state index in [-0.39, 0.29) is 18.2 Å². The molecule has 0 aliphatic rings. The highest BCUT2D eigenvalue weighted by Crippen LogP contribution is 1.92. The fourth-order valence-corrected chi connectivity index (χ4v) is 0.632. The minimum absolute atomic E-state index is 0. The average Bonchev–Trinajstić information content (AvgIpc) is 2.00. The van der Waals surface area contributed by atoms with Crippen molar-refractivity contribution in [3.05, 3.63) is 0 Å². The Bertz CT molecular complexity index is 375. The quantitative estimate of drug-likeness (QED) is 0.309. The Balaban J connectivity index is -0.000000105. The van der Waals surface area contributed by atoms with Crippen LogP contribution in [0.1, 0.15) is 13.8 Å². The van der Waals surface area contributed by atoms with Crippen LogP contribution in [0.15, 0.2) is 0 Å². The third-order valence-corrected chi connectivity index (χ3v) is 1.02. The number of hydrogen-bond donors (Lipinski definition) is 4. The third kappa shape index (κ3) is 39.4. The maximum atomic E-state index is 9.51. The van der Waals surface area contributed by atoms with Gasteiger partial charge >= 0.3 is 20.8 Å². The molecule has 17 heavy (non-hydrogen) atoms. The van der Waals surface area contributed by atoms with Gasteiger partial charge in [-0.2, -0.15) is 22.1 Å². The van der Waals surface area contributed by atoms with Crippen molar-refractivity contribution >= 4 is 20.8 Å². The number of rotatable bonds is 3. The molecule has 13 heteroatoms. The number of nitriles is 1. The van der Waals surface area contributed by atoms with Crippen molar-refractivity contribution in [3.63, 3.8) is 0 Å². The van der Waals surface area contributed by atoms with Crippen LogP contribution in [0.3, 0.4) is 0 Å². The van der Waals surface area contributed by atoms with Crippen LogP contribution in [0.4, 0.5) is 0 Å². The van der Waals surface area contributed by atoms with Gasteiger partial charge < -0.3 is 12.3 Å². The number of nitrogens with zero attached hydrogens (tertiary/aromatic N) is 1. The van der Waals surface area contributed by atoms with E-state index in [0.29, 0.717) is 0 Å². The molecule has 11 nitrogen and oxygen atoms in total. The minimum Gasteiger partial charge on any atom is -0.344 e. The molecule has 0 radical (unpaired) electrons. The van der Waals surface area contributed by atoms with Crippen molar-refractivity contribution in [2.24, 2.45) is 5.92 Å². The first kappa shape index (κ1) is 25.1. The smallest absolute Gasteiger partial charge is 0.344 e. The molecule has 0 unspecified atom stereocenters. The maximum Gasteiger partial charge on any atom is 0.425 e. The van der Waals surface area contributed by atoms with Crippen LogP contribution >= 0.6 is 0 Å². The van der Waals surface area contributed by atoms with Crippen LogP contribution in [-0.2, 0) is 29.5 Å². The van der Waals surface area contributed by atoms with Crippen LogP contribution in [0.25, 0.3) is 0 Å². The Morgan fingerprint density at radius 2 is 1.18 bits per heavy atom. The lowest BCUT2D eigenvalue weighted by Gasteiger charge is -1.92. The molecule has 0 saturated carbocycles.